The summed E-state index contributed by atoms with van der Waals surface area (Å²) in [6.45, 7) is 5.53. The molecule has 1 heterocycles. The van der Waals surface area contributed by atoms with Gasteiger partial charge in [0.1, 0.15) is 0 Å². The molecule has 98 valence electrons. The van der Waals surface area contributed by atoms with E-state index in [1.165, 1.54) is 18.4 Å². The number of rotatable bonds is 3. The van der Waals surface area contributed by atoms with E-state index in [4.69, 9.17) is 0 Å². The van der Waals surface area contributed by atoms with Crippen LogP contribution in [0, 0.1) is 0 Å². The second kappa shape index (κ2) is 6.25. The molecule has 3 nitrogen and oxygen atoms in total. The van der Waals surface area contributed by atoms with E-state index in [1.807, 2.05) is 36.0 Å². The molecule has 1 aromatic rings. The van der Waals surface area contributed by atoms with E-state index in [2.05, 4.69) is 16.6 Å². The molecule has 1 fully saturated rings. The average molecular weight is 265 g/mol. The topological polar surface area (TPSA) is 29.5 Å². The van der Waals surface area contributed by atoms with Gasteiger partial charge in [-0.2, -0.15) is 11.8 Å². The first-order valence-electron chi connectivity index (χ1n) is 6.20. The van der Waals surface area contributed by atoms with Crippen molar-refractivity contribution in [1.29, 1.82) is 0 Å². The smallest absolute Gasteiger partial charge is 0.337 e. The Kier molecular flexibility index (Phi) is 4.66. The van der Waals surface area contributed by atoms with E-state index < -0.39 is 0 Å². The Morgan fingerprint density at radius 1 is 1.44 bits per heavy atom. The number of esters is 1. The molecule has 1 aliphatic rings. The van der Waals surface area contributed by atoms with Crippen molar-refractivity contribution in [2.24, 2.45) is 0 Å². The molecule has 18 heavy (non-hydrogen) atoms. The van der Waals surface area contributed by atoms with E-state index in [0.29, 0.717) is 10.8 Å². The molecule has 1 saturated heterocycles. The maximum Gasteiger partial charge on any atom is 0.337 e. The zero-order chi connectivity index (χ0) is 13.0. The summed E-state index contributed by atoms with van der Waals surface area (Å²) in [4.78, 5) is 13.8. The molecule has 1 unspecified atom stereocenters. The Bertz CT molecular complexity index is 405. The normalized spacial score (nSPS) is 20.7. The quantitative estimate of drug-likeness (QED) is 0.785. The minimum absolute atomic E-state index is 0.274. The van der Waals surface area contributed by atoms with Gasteiger partial charge in [0.15, 0.2) is 0 Å². The first-order valence-corrected chi connectivity index (χ1v) is 7.25. The van der Waals surface area contributed by atoms with E-state index in [-0.39, 0.29) is 5.97 Å². The number of carbonyl (C=O) groups excluding carboxylic acids is 1. The molecule has 0 radical (unpaired) electrons. The standard InChI is InChI=1S/C14H19NO2S/c1-11-9-15(7-8-18-11)10-12-3-5-13(6-4-12)14(16)17-2/h3-6,11H,7-10H2,1-2H3. The Hall–Kier alpha value is -1.00. The first kappa shape index (κ1) is 13.4. The number of nitrogens with zero attached hydrogens (tertiary/aromatic N) is 1. The van der Waals surface area contributed by atoms with Gasteiger partial charge in [-0.25, -0.2) is 4.79 Å². The van der Waals surface area contributed by atoms with E-state index in [9.17, 15) is 4.79 Å². The van der Waals surface area contributed by atoms with Crippen molar-refractivity contribution in [2.75, 3.05) is 26.0 Å². The Balaban J connectivity index is 1.95. The van der Waals surface area contributed by atoms with E-state index >= 15 is 0 Å². The van der Waals surface area contributed by atoms with Crippen molar-refractivity contribution in [1.82, 2.24) is 4.90 Å². The molecule has 0 aromatic heterocycles. The molecular formula is C14H19NO2S. The van der Waals surface area contributed by atoms with Gasteiger partial charge in [0, 0.05) is 30.6 Å². The summed E-state index contributed by atoms with van der Waals surface area (Å²) in [6.07, 6.45) is 0. The van der Waals surface area contributed by atoms with Gasteiger partial charge in [-0.3, -0.25) is 4.90 Å². The van der Waals surface area contributed by atoms with Crippen molar-refractivity contribution in [3.05, 3.63) is 35.4 Å². The highest BCUT2D eigenvalue weighted by Gasteiger charge is 2.16. The Labute approximate surface area is 113 Å². The number of ether oxygens (including phenoxy) is 1. The third kappa shape index (κ3) is 3.50. The van der Waals surface area contributed by atoms with Crippen LogP contribution in [0.5, 0.6) is 0 Å². The predicted octanol–water partition coefficient (Wildman–Crippen LogP) is 2.41. The molecule has 1 aliphatic heterocycles. The van der Waals surface area contributed by atoms with Crippen LogP contribution < -0.4 is 0 Å². The molecule has 0 saturated carbocycles. The van der Waals surface area contributed by atoms with Crippen molar-refractivity contribution in [3.63, 3.8) is 0 Å². The largest absolute Gasteiger partial charge is 0.465 e. The van der Waals surface area contributed by atoms with Gasteiger partial charge in [0.05, 0.1) is 12.7 Å². The minimum Gasteiger partial charge on any atom is -0.465 e. The molecule has 4 heteroatoms. The van der Waals surface area contributed by atoms with Crippen LogP contribution >= 0.6 is 11.8 Å². The van der Waals surface area contributed by atoms with Gasteiger partial charge in [0.2, 0.25) is 0 Å². The maximum absolute atomic E-state index is 11.3. The van der Waals surface area contributed by atoms with Crippen LogP contribution in [-0.2, 0) is 11.3 Å². The van der Waals surface area contributed by atoms with Gasteiger partial charge in [-0.15, -0.1) is 0 Å². The van der Waals surface area contributed by atoms with E-state index in [0.717, 1.165) is 19.6 Å². The van der Waals surface area contributed by atoms with Crippen LogP contribution in [0.1, 0.15) is 22.8 Å². The lowest BCUT2D eigenvalue weighted by Crippen LogP contribution is -2.35. The van der Waals surface area contributed by atoms with Crippen LogP contribution in [0.25, 0.3) is 0 Å². The zero-order valence-corrected chi connectivity index (χ0v) is 11.7. The Morgan fingerprint density at radius 3 is 2.78 bits per heavy atom. The van der Waals surface area contributed by atoms with Gasteiger partial charge in [-0.05, 0) is 17.7 Å². The van der Waals surface area contributed by atoms with Gasteiger partial charge < -0.3 is 4.74 Å². The summed E-state index contributed by atoms with van der Waals surface area (Å²) in [5, 5.41) is 0.716. The van der Waals surface area contributed by atoms with Crippen molar-refractivity contribution in [3.8, 4) is 0 Å². The summed E-state index contributed by atoms with van der Waals surface area (Å²) >= 11 is 2.04. The lowest BCUT2D eigenvalue weighted by molar-refractivity contribution is 0.0600. The predicted molar refractivity (Wildman–Crippen MR) is 75.0 cm³/mol. The number of benzene rings is 1. The molecule has 0 aliphatic carbocycles. The molecule has 1 atom stereocenters. The summed E-state index contributed by atoms with van der Waals surface area (Å²) in [5.41, 5.74) is 1.87. The second-order valence-electron chi connectivity index (χ2n) is 4.61. The highest BCUT2D eigenvalue weighted by molar-refractivity contribution is 7.99. The lowest BCUT2D eigenvalue weighted by atomic mass is 10.1. The maximum atomic E-state index is 11.3. The van der Waals surface area contributed by atoms with Crippen LogP contribution in [0.2, 0.25) is 0 Å². The molecule has 0 bridgehead atoms. The van der Waals surface area contributed by atoms with Crippen LogP contribution in [-0.4, -0.2) is 42.1 Å². The Morgan fingerprint density at radius 2 is 2.17 bits per heavy atom. The number of hydrogen-bond donors (Lipinski definition) is 0. The summed E-state index contributed by atoms with van der Waals surface area (Å²) in [7, 11) is 1.41. The van der Waals surface area contributed by atoms with Gasteiger partial charge in [-0.1, -0.05) is 19.1 Å². The highest BCUT2D eigenvalue weighted by Crippen LogP contribution is 2.19. The third-order valence-corrected chi connectivity index (χ3v) is 4.24. The summed E-state index contributed by atoms with van der Waals surface area (Å²) < 4.78 is 4.69. The summed E-state index contributed by atoms with van der Waals surface area (Å²) in [6, 6.07) is 7.70. The van der Waals surface area contributed by atoms with Crippen molar-refractivity contribution < 1.29 is 9.53 Å². The fourth-order valence-corrected chi connectivity index (χ4v) is 3.24. The first-order chi connectivity index (χ1) is 8.69. The van der Waals surface area contributed by atoms with Crippen molar-refractivity contribution in [2.45, 2.75) is 18.7 Å². The lowest BCUT2D eigenvalue weighted by Gasteiger charge is -2.30. The average Bonchev–Trinajstić information content (AvgIpc) is 2.39. The van der Waals surface area contributed by atoms with Gasteiger partial charge >= 0.3 is 5.97 Å². The third-order valence-electron chi connectivity index (χ3n) is 3.11. The highest BCUT2D eigenvalue weighted by atomic mass is 32.2. The number of carbonyl (C=O) groups is 1. The number of hydrogen-bond acceptors (Lipinski definition) is 4. The molecule has 2 rings (SSSR count). The molecule has 0 amide bonds. The molecule has 0 spiro atoms. The molecule has 1 aromatic carbocycles. The van der Waals surface area contributed by atoms with Crippen LogP contribution in [0.4, 0.5) is 0 Å². The molecule has 0 N–H and O–H groups in total. The second-order valence-corrected chi connectivity index (χ2v) is 6.15. The minimum atomic E-state index is -0.274. The van der Waals surface area contributed by atoms with Crippen LogP contribution in [0.15, 0.2) is 24.3 Å². The zero-order valence-electron chi connectivity index (χ0n) is 10.9. The number of thioether (sulfide) groups is 1. The summed E-state index contributed by atoms with van der Waals surface area (Å²) in [5.74, 6) is 0.936. The fourth-order valence-electron chi connectivity index (χ4n) is 2.16. The van der Waals surface area contributed by atoms with Crippen LogP contribution in [0.3, 0.4) is 0 Å². The van der Waals surface area contributed by atoms with Gasteiger partial charge in [0.25, 0.3) is 0 Å². The molecular weight excluding hydrogens is 246 g/mol. The number of methoxy groups -OCH3 is 1. The van der Waals surface area contributed by atoms with E-state index in [1.54, 1.807) is 0 Å². The van der Waals surface area contributed by atoms with Crippen molar-refractivity contribution >= 4 is 17.7 Å². The fraction of sp³-hybridized carbons (Fsp3) is 0.500. The SMILES string of the molecule is COC(=O)c1ccc(CN2CCSC(C)C2)cc1. The monoisotopic (exact) mass is 265 g/mol.